The van der Waals surface area contributed by atoms with E-state index in [1.807, 2.05) is 0 Å². The van der Waals surface area contributed by atoms with Crippen molar-refractivity contribution in [3.63, 3.8) is 0 Å². The summed E-state index contributed by atoms with van der Waals surface area (Å²) in [5.41, 5.74) is 0. The van der Waals surface area contributed by atoms with Crippen LogP contribution in [0, 0.1) is 0 Å². The molecule has 0 spiro atoms. The van der Waals surface area contributed by atoms with Gasteiger partial charge >= 0.3 is 11.9 Å². The topological polar surface area (TPSA) is 164 Å². The third-order valence-electron chi connectivity index (χ3n) is 5.15. The maximum Gasteiger partial charge on any atom is 0.372 e. The number of ether oxygens (including phenoxy) is 10. The lowest BCUT2D eigenvalue weighted by Crippen LogP contribution is -2.17. The molecule has 14 heteroatoms. The van der Waals surface area contributed by atoms with Gasteiger partial charge in [0, 0.05) is 13.0 Å². The van der Waals surface area contributed by atoms with E-state index in [4.69, 9.17) is 52.5 Å². The molecule has 0 amide bonds. The number of carboxylic acid groups (broad SMARTS) is 1. The van der Waals surface area contributed by atoms with Crippen molar-refractivity contribution in [1.82, 2.24) is 0 Å². The van der Waals surface area contributed by atoms with Crippen LogP contribution < -0.4 is 0 Å². The monoisotopic (exact) mass is 612 g/mol. The first-order valence-electron chi connectivity index (χ1n) is 14.7. The molecule has 0 rings (SSSR count). The summed E-state index contributed by atoms with van der Waals surface area (Å²) in [6.07, 6.45) is 2.86. The van der Waals surface area contributed by atoms with Gasteiger partial charge in [0.05, 0.1) is 119 Å². The molecule has 0 saturated carbocycles. The molecule has 0 bridgehead atoms. The number of carbonyl (C=O) groups is 3. The number of ketones is 1. The van der Waals surface area contributed by atoms with Gasteiger partial charge < -0.3 is 52.5 Å². The smallest absolute Gasteiger partial charge is 0.372 e. The summed E-state index contributed by atoms with van der Waals surface area (Å²) in [6.45, 7) is 10.9. The fraction of sp³-hybridized carbons (Fsp3) is 0.893. The molecule has 0 aliphatic heterocycles. The van der Waals surface area contributed by atoms with Crippen molar-refractivity contribution in [2.45, 2.75) is 39.0 Å². The van der Waals surface area contributed by atoms with Crippen LogP contribution in [-0.2, 0) is 61.8 Å². The van der Waals surface area contributed by atoms with E-state index in [0.717, 1.165) is 13.0 Å². The number of hydrogen-bond acceptors (Lipinski definition) is 13. The SMILES string of the molecule is CCCCCOCCOCCOCCOCCOCCOCCOCCOCCOCCOC(=O)CCC(=O)C(=O)O. The Balaban J connectivity index is 3.12. The van der Waals surface area contributed by atoms with E-state index < -0.39 is 17.7 Å². The molecule has 14 nitrogen and oxygen atoms in total. The minimum absolute atomic E-state index is 0.0185. The van der Waals surface area contributed by atoms with Gasteiger partial charge in [-0.1, -0.05) is 19.8 Å². The number of carboxylic acids is 1. The maximum absolute atomic E-state index is 11.3. The maximum atomic E-state index is 11.3. The Hall–Kier alpha value is -1.75. The van der Waals surface area contributed by atoms with E-state index in [0.29, 0.717) is 106 Å². The number of esters is 1. The number of rotatable bonds is 35. The molecular formula is C28H52O14. The van der Waals surface area contributed by atoms with E-state index in [1.54, 1.807) is 0 Å². The van der Waals surface area contributed by atoms with Crippen LogP contribution in [-0.4, -0.2) is 148 Å². The lowest BCUT2D eigenvalue weighted by Gasteiger charge is -2.09. The van der Waals surface area contributed by atoms with Gasteiger partial charge in [-0.05, 0) is 6.42 Å². The van der Waals surface area contributed by atoms with Gasteiger partial charge in [0.1, 0.15) is 6.61 Å². The highest BCUT2D eigenvalue weighted by Crippen LogP contribution is 1.96. The fourth-order valence-corrected chi connectivity index (χ4v) is 2.92. The minimum atomic E-state index is -1.56. The van der Waals surface area contributed by atoms with E-state index in [-0.39, 0.29) is 26.1 Å². The number of hydrogen-bond donors (Lipinski definition) is 1. The van der Waals surface area contributed by atoms with Crippen LogP contribution in [0.15, 0.2) is 0 Å². The number of Topliss-reactive ketones (excluding diaryl/α,β-unsaturated/α-hetero) is 1. The molecule has 0 aromatic rings. The summed E-state index contributed by atoms with van der Waals surface area (Å²) in [5.74, 6) is -3.23. The largest absolute Gasteiger partial charge is 0.476 e. The zero-order valence-electron chi connectivity index (χ0n) is 25.2. The first-order valence-corrected chi connectivity index (χ1v) is 14.7. The minimum Gasteiger partial charge on any atom is -0.476 e. The third-order valence-corrected chi connectivity index (χ3v) is 5.15. The quantitative estimate of drug-likeness (QED) is 0.0619. The summed E-state index contributed by atoms with van der Waals surface area (Å²) in [7, 11) is 0. The molecule has 0 aliphatic carbocycles. The lowest BCUT2D eigenvalue weighted by atomic mass is 10.2. The summed E-state index contributed by atoms with van der Waals surface area (Å²) < 4.78 is 53.5. The number of aliphatic carboxylic acids is 1. The zero-order valence-corrected chi connectivity index (χ0v) is 25.2. The Morgan fingerprint density at radius 1 is 0.429 bits per heavy atom. The Morgan fingerprint density at radius 2 is 0.738 bits per heavy atom. The van der Waals surface area contributed by atoms with Crippen molar-refractivity contribution < 1.29 is 66.9 Å². The summed E-state index contributed by atoms with van der Waals surface area (Å²) in [5, 5.41) is 8.43. The van der Waals surface area contributed by atoms with Crippen LogP contribution in [0.25, 0.3) is 0 Å². The molecule has 0 heterocycles. The molecule has 0 saturated heterocycles. The van der Waals surface area contributed by atoms with Crippen LogP contribution in [0.3, 0.4) is 0 Å². The highest BCUT2D eigenvalue weighted by molar-refractivity contribution is 6.32. The number of carbonyl (C=O) groups excluding carboxylic acids is 2. The van der Waals surface area contributed by atoms with Gasteiger partial charge in [-0.2, -0.15) is 0 Å². The van der Waals surface area contributed by atoms with E-state index in [2.05, 4.69) is 6.92 Å². The molecule has 0 radical (unpaired) electrons. The Morgan fingerprint density at radius 3 is 1.05 bits per heavy atom. The van der Waals surface area contributed by atoms with E-state index in [1.165, 1.54) is 12.8 Å². The normalized spacial score (nSPS) is 11.2. The Labute approximate surface area is 249 Å². The molecular weight excluding hydrogens is 560 g/mol. The lowest BCUT2D eigenvalue weighted by molar-refractivity contribution is -0.151. The van der Waals surface area contributed by atoms with E-state index >= 15 is 0 Å². The molecule has 0 fully saturated rings. The average molecular weight is 613 g/mol. The standard InChI is InChI=1S/C28H52O14/c1-2-3-4-7-33-8-9-34-10-11-35-12-13-36-14-15-37-16-17-38-18-19-39-20-21-40-22-23-41-24-25-42-27(30)6-5-26(29)28(31)32/h2-25H2,1H3,(H,31,32). The summed E-state index contributed by atoms with van der Waals surface area (Å²) >= 11 is 0. The van der Waals surface area contributed by atoms with Crippen molar-refractivity contribution >= 4 is 17.7 Å². The van der Waals surface area contributed by atoms with Crippen molar-refractivity contribution in [2.75, 3.05) is 126 Å². The van der Waals surface area contributed by atoms with Crippen LogP contribution in [0.1, 0.15) is 39.0 Å². The Kier molecular flexibility index (Phi) is 32.3. The zero-order chi connectivity index (χ0) is 30.8. The second-order valence-electron chi connectivity index (χ2n) is 8.67. The highest BCUT2D eigenvalue weighted by Gasteiger charge is 2.14. The molecule has 0 atom stereocenters. The van der Waals surface area contributed by atoms with Crippen LogP contribution >= 0.6 is 0 Å². The Bertz CT molecular complexity index is 619. The predicted octanol–water partition coefficient (Wildman–Crippen LogP) is 1.30. The van der Waals surface area contributed by atoms with Crippen LogP contribution in [0.4, 0.5) is 0 Å². The average Bonchev–Trinajstić information content (AvgIpc) is 2.98. The molecule has 0 aromatic carbocycles. The summed E-state index contributed by atoms with van der Waals surface area (Å²) in [4.78, 5) is 32.6. The predicted molar refractivity (Wildman–Crippen MR) is 150 cm³/mol. The third kappa shape index (κ3) is 32.8. The molecule has 42 heavy (non-hydrogen) atoms. The molecule has 0 aromatic heterocycles. The fourth-order valence-electron chi connectivity index (χ4n) is 2.92. The second-order valence-corrected chi connectivity index (χ2v) is 8.67. The van der Waals surface area contributed by atoms with E-state index in [9.17, 15) is 14.4 Å². The van der Waals surface area contributed by atoms with Crippen molar-refractivity contribution in [3.8, 4) is 0 Å². The molecule has 0 aliphatic rings. The van der Waals surface area contributed by atoms with Gasteiger partial charge in [0.25, 0.3) is 0 Å². The molecule has 0 unspecified atom stereocenters. The van der Waals surface area contributed by atoms with Crippen molar-refractivity contribution in [1.29, 1.82) is 0 Å². The van der Waals surface area contributed by atoms with Crippen LogP contribution in [0.5, 0.6) is 0 Å². The summed E-state index contributed by atoms with van der Waals surface area (Å²) in [6, 6.07) is 0. The van der Waals surface area contributed by atoms with Crippen LogP contribution in [0.2, 0.25) is 0 Å². The molecule has 1 N–H and O–H groups in total. The number of unbranched alkanes of at least 4 members (excludes halogenated alkanes) is 2. The second kappa shape index (κ2) is 33.7. The first-order chi connectivity index (χ1) is 20.6. The van der Waals surface area contributed by atoms with Gasteiger partial charge in [0.15, 0.2) is 0 Å². The van der Waals surface area contributed by atoms with Crippen molar-refractivity contribution in [2.24, 2.45) is 0 Å². The van der Waals surface area contributed by atoms with Gasteiger partial charge in [0.2, 0.25) is 5.78 Å². The van der Waals surface area contributed by atoms with Gasteiger partial charge in [-0.15, -0.1) is 0 Å². The van der Waals surface area contributed by atoms with Crippen molar-refractivity contribution in [3.05, 3.63) is 0 Å². The van der Waals surface area contributed by atoms with Gasteiger partial charge in [-0.3, -0.25) is 9.59 Å². The highest BCUT2D eigenvalue weighted by atomic mass is 16.6. The first kappa shape index (κ1) is 40.2. The molecule has 248 valence electrons. The van der Waals surface area contributed by atoms with Gasteiger partial charge in [-0.25, -0.2) is 4.79 Å².